The van der Waals surface area contributed by atoms with Gasteiger partial charge in [0, 0.05) is 23.5 Å². The fourth-order valence-corrected chi connectivity index (χ4v) is 5.96. The molecular formula is C29H30ClN5O3S. The number of nitrogens with zero attached hydrogens (tertiary/aromatic N) is 4. The molecule has 3 aliphatic rings. The zero-order chi connectivity index (χ0) is 27.3. The maximum absolute atomic E-state index is 12.6. The molecular weight excluding hydrogens is 534 g/mol. The molecule has 1 saturated carbocycles. The Morgan fingerprint density at radius 2 is 2.00 bits per heavy atom. The summed E-state index contributed by atoms with van der Waals surface area (Å²) in [5.74, 6) is 0.361. The number of aliphatic imine (C=N–C) groups is 1. The van der Waals surface area contributed by atoms with Crippen molar-refractivity contribution < 1.29 is 14.3 Å². The van der Waals surface area contributed by atoms with Crippen molar-refractivity contribution in [1.29, 1.82) is 0 Å². The van der Waals surface area contributed by atoms with Crippen molar-refractivity contribution in [2.75, 3.05) is 13.1 Å². The fourth-order valence-electron chi connectivity index (χ4n) is 4.85. The quantitative estimate of drug-likeness (QED) is 0.395. The highest BCUT2D eigenvalue weighted by molar-refractivity contribution is 8.18. The fraction of sp³-hybridized carbons (Fsp3) is 0.379. The lowest BCUT2D eigenvalue weighted by Gasteiger charge is -2.40. The highest BCUT2D eigenvalue weighted by Gasteiger charge is 2.36. The Bertz CT molecular complexity index is 1530. The van der Waals surface area contributed by atoms with E-state index in [4.69, 9.17) is 16.3 Å². The van der Waals surface area contributed by atoms with Crippen LogP contribution in [0.4, 0.5) is 4.79 Å². The van der Waals surface area contributed by atoms with E-state index >= 15 is 0 Å². The van der Waals surface area contributed by atoms with E-state index in [-0.39, 0.29) is 11.9 Å². The third-order valence-corrected chi connectivity index (χ3v) is 8.17. The van der Waals surface area contributed by atoms with Gasteiger partial charge in [0.2, 0.25) is 0 Å². The summed E-state index contributed by atoms with van der Waals surface area (Å²) in [5.41, 5.74) is 4.01. The van der Waals surface area contributed by atoms with Crippen molar-refractivity contribution in [3.8, 4) is 0 Å². The molecule has 2 amide bonds. The molecule has 0 spiro atoms. The predicted octanol–water partition coefficient (Wildman–Crippen LogP) is 5.79. The van der Waals surface area contributed by atoms with Gasteiger partial charge >= 0.3 is 6.09 Å². The second-order valence-electron chi connectivity index (χ2n) is 11.3. The summed E-state index contributed by atoms with van der Waals surface area (Å²) in [6.45, 7) is 7.37. The number of carbonyl (C=O) groups excluding carboxylic acids is 2. The Kier molecular flexibility index (Phi) is 6.67. The molecule has 2 fully saturated rings. The SMILES string of the molecule is CC(C)(C)OC(=O)NC1CN(C2=NC(=O)/C(=C/c3ccc4c(cnn4Cc4ccc(Cl)cc4C4CC4)c3)S2)C1. The van der Waals surface area contributed by atoms with Crippen LogP contribution in [0.5, 0.6) is 0 Å². The van der Waals surface area contributed by atoms with Crippen LogP contribution in [-0.4, -0.2) is 56.6 Å². The molecule has 0 bridgehead atoms. The number of nitrogens with one attached hydrogen (secondary N) is 1. The largest absolute Gasteiger partial charge is 0.444 e. The summed E-state index contributed by atoms with van der Waals surface area (Å²) >= 11 is 7.62. The second-order valence-corrected chi connectivity index (χ2v) is 12.7. The van der Waals surface area contributed by atoms with E-state index in [1.54, 1.807) is 0 Å². The number of amidine groups is 1. The molecule has 202 valence electrons. The van der Waals surface area contributed by atoms with E-state index in [0.717, 1.165) is 21.5 Å². The van der Waals surface area contributed by atoms with Gasteiger partial charge in [0.1, 0.15) is 5.60 Å². The lowest BCUT2D eigenvalue weighted by Crippen LogP contribution is -2.60. The third kappa shape index (κ3) is 5.84. The van der Waals surface area contributed by atoms with Crippen molar-refractivity contribution in [1.82, 2.24) is 20.0 Å². The summed E-state index contributed by atoms with van der Waals surface area (Å²) in [6.07, 6.45) is 5.75. The summed E-state index contributed by atoms with van der Waals surface area (Å²) in [6, 6.07) is 12.2. The van der Waals surface area contributed by atoms with E-state index in [0.29, 0.717) is 35.6 Å². The number of amides is 2. The number of halogens is 1. The number of hydrogen-bond acceptors (Lipinski definition) is 6. The Hall–Kier alpha value is -3.30. The van der Waals surface area contributed by atoms with E-state index in [2.05, 4.69) is 33.6 Å². The standard InChI is InChI=1S/C29H30ClN5O3S/c1-29(2,3)38-28(37)32-22-15-34(16-22)27-33-26(36)25(39-27)11-17-4-9-24-20(10-17)13-31-35(24)14-19-7-8-21(30)12-23(19)18-5-6-18/h4,7-13,18,22H,5-6,14-16H2,1-3H3,(H,32,37)/b25-11-. The molecule has 1 aliphatic carbocycles. The number of ether oxygens (including phenoxy) is 1. The maximum Gasteiger partial charge on any atom is 0.407 e. The van der Waals surface area contributed by atoms with Crippen LogP contribution in [0.15, 0.2) is 52.5 Å². The summed E-state index contributed by atoms with van der Waals surface area (Å²) in [5, 5.41) is 9.96. The first-order valence-corrected chi connectivity index (χ1v) is 14.3. The lowest BCUT2D eigenvalue weighted by atomic mass is 10.0. The molecule has 3 heterocycles. The number of alkyl carbamates (subject to hydrolysis) is 1. The van der Waals surface area contributed by atoms with Crippen molar-refractivity contribution in [2.45, 2.75) is 57.7 Å². The molecule has 0 unspecified atom stereocenters. The number of hydrogen-bond donors (Lipinski definition) is 1. The molecule has 0 atom stereocenters. The smallest absolute Gasteiger partial charge is 0.407 e. The number of fused-ring (bicyclic) bond motifs is 1. The van der Waals surface area contributed by atoms with E-state index in [1.165, 1.54) is 35.7 Å². The molecule has 3 aromatic rings. The van der Waals surface area contributed by atoms with Crippen molar-refractivity contribution >= 4 is 57.5 Å². The summed E-state index contributed by atoms with van der Waals surface area (Å²) in [7, 11) is 0. The van der Waals surface area contributed by atoms with Crippen LogP contribution in [0.1, 0.15) is 56.2 Å². The molecule has 0 radical (unpaired) electrons. The molecule has 6 rings (SSSR count). The molecule has 2 aromatic carbocycles. The van der Waals surface area contributed by atoms with E-state index < -0.39 is 11.7 Å². The average Bonchev–Trinajstić information content (AvgIpc) is 3.52. The van der Waals surface area contributed by atoms with Gasteiger partial charge in [-0.3, -0.25) is 9.48 Å². The average molecular weight is 564 g/mol. The van der Waals surface area contributed by atoms with Crippen LogP contribution >= 0.6 is 23.4 Å². The van der Waals surface area contributed by atoms with Crippen LogP contribution in [0.2, 0.25) is 5.02 Å². The van der Waals surface area contributed by atoms with Gasteiger partial charge in [-0.05, 0) is 98.3 Å². The van der Waals surface area contributed by atoms with Crippen molar-refractivity contribution in [3.05, 3.63) is 69.2 Å². The molecule has 10 heteroatoms. The number of rotatable bonds is 5. The number of likely N-dealkylation sites (tertiary alicyclic amines) is 1. The Labute approximate surface area is 236 Å². The second kappa shape index (κ2) is 10.0. The van der Waals surface area contributed by atoms with Crippen molar-refractivity contribution in [2.24, 2.45) is 4.99 Å². The number of benzene rings is 2. The van der Waals surface area contributed by atoms with Crippen LogP contribution in [0.3, 0.4) is 0 Å². The Morgan fingerprint density at radius 3 is 2.74 bits per heavy atom. The molecule has 1 saturated heterocycles. The summed E-state index contributed by atoms with van der Waals surface area (Å²) < 4.78 is 7.33. The molecule has 39 heavy (non-hydrogen) atoms. The minimum Gasteiger partial charge on any atom is -0.444 e. The first kappa shape index (κ1) is 26.0. The van der Waals surface area contributed by atoms with Gasteiger partial charge in [-0.1, -0.05) is 23.7 Å². The minimum atomic E-state index is -0.539. The zero-order valence-corrected chi connectivity index (χ0v) is 23.7. The molecule has 1 N–H and O–H groups in total. The van der Waals surface area contributed by atoms with Gasteiger partial charge in [0.15, 0.2) is 5.17 Å². The predicted molar refractivity (Wildman–Crippen MR) is 155 cm³/mol. The van der Waals surface area contributed by atoms with Crippen LogP contribution in [-0.2, 0) is 16.1 Å². The summed E-state index contributed by atoms with van der Waals surface area (Å²) in [4.78, 5) is 31.4. The topological polar surface area (TPSA) is 88.8 Å². The van der Waals surface area contributed by atoms with Gasteiger partial charge in [-0.25, -0.2) is 4.79 Å². The van der Waals surface area contributed by atoms with Crippen LogP contribution < -0.4 is 5.32 Å². The monoisotopic (exact) mass is 563 g/mol. The van der Waals surface area contributed by atoms with Crippen LogP contribution in [0.25, 0.3) is 17.0 Å². The Balaban J connectivity index is 1.10. The van der Waals surface area contributed by atoms with Gasteiger partial charge < -0.3 is 15.0 Å². The van der Waals surface area contributed by atoms with Gasteiger partial charge in [0.05, 0.1) is 29.2 Å². The number of thioether (sulfide) groups is 1. The first-order chi connectivity index (χ1) is 18.6. The molecule has 2 aliphatic heterocycles. The maximum atomic E-state index is 12.6. The van der Waals surface area contributed by atoms with E-state index in [9.17, 15) is 9.59 Å². The lowest BCUT2D eigenvalue weighted by molar-refractivity contribution is -0.113. The van der Waals surface area contributed by atoms with Crippen molar-refractivity contribution in [3.63, 3.8) is 0 Å². The highest BCUT2D eigenvalue weighted by atomic mass is 35.5. The highest BCUT2D eigenvalue weighted by Crippen LogP contribution is 2.43. The van der Waals surface area contributed by atoms with Gasteiger partial charge in [-0.2, -0.15) is 10.1 Å². The number of carbonyl (C=O) groups is 2. The molecule has 8 nitrogen and oxygen atoms in total. The minimum absolute atomic E-state index is 0.0292. The van der Waals surface area contributed by atoms with Gasteiger partial charge in [-0.15, -0.1) is 0 Å². The first-order valence-electron chi connectivity index (χ1n) is 13.1. The normalized spacial score (nSPS) is 19.0. The Morgan fingerprint density at radius 1 is 1.21 bits per heavy atom. The zero-order valence-electron chi connectivity index (χ0n) is 22.1. The van der Waals surface area contributed by atoms with E-state index in [1.807, 2.05) is 60.8 Å². The van der Waals surface area contributed by atoms with Crippen LogP contribution in [0, 0.1) is 0 Å². The van der Waals surface area contributed by atoms with Gasteiger partial charge in [0.25, 0.3) is 5.91 Å². The third-order valence-electron chi connectivity index (χ3n) is 6.89. The molecule has 1 aromatic heterocycles. The number of aromatic nitrogens is 2.